The fourth-order valence-corrected chi connectivity index (χ4v) is 3.74. The van der Waals surface area contributed by atoms with Crippen molar-refractivity contribution in [3.8, 4) is 11.5 Å². The van der Waals surface area contributed by atoms with Crippen LogP contribution >= 0.6 is 0 Å². The van der Waals surface area contributed by atoms with Gasteiger partial charge in [0, 0.05) is 13.1 Å². The van der Waals surface area contributed by atoms with Crippen LogP contribution in [0.1, 0.15) is 46.0 Å². The van der Waals surface area contributed by atoms with Crippen molar-refractivity contribution in [3.63, 3.8) is 0 Å². The maximum atomic E-state index is 12.6. The zero-order valence-electron chi connectivity index (χ0n) is 20.0. The van der Waals surface area contributed by atoms with Gasteiger partial charge in [-0.05, 0) is 37.6 Å². The summed E-state index contributed by atoms with van der Waals surface area (Å²) in [5.41, 5.74) is 3.29. The first kappa shape index (κ1) is 24.2. The predicted octanol–water partition coefficient (Wildman–Crippen LogP) is 5.64. The Morgan fingerprint density at radius 3 is 2.39 bits per heavy atom. The van der Waals surface area contributed by atoms with Crippen LogP contribution in [0.3, 0.4) is 0 Å². The molecule has 6 nitrogen and oxygen atoms in total. The molecule has 1 amide bonds. The Hall–Kier alpha value is -3.41. The van der Waals surface area contributed by atoms with Crippen molar-refractivity contribution >= 4 is 11.6 Å². The van der Waals surface area contributed by atoms with E-state index in [9.17, 15) is 4.79 Å². The summed E-state index contributed by atoms with van der Waals surface area (Å²) in [5.74, 6) is 1.12. The first-order chi connectivity index (χ1) is 16.0. The van der Waals surface area contributed by atoms with E-state index in [1.165, 1.54) is 25.7 Å². The Morgan fingerprint density at radius 1 is 0.970 bits per heavy atom. The average Bonchev–Trinajstić information content (AvgIpc) is 3.04. The van der Waals surface area contributed by atoms with Crippen LogP contribution in [-0.4, -0.2) is 31.2 Å². The topological polar surface area (TPSA) is 54.0 Å². The zero-order valence-corrected chi connectivity index (χ0v) is 20.0. The number of allylic oxidation sites excluding steroid dienone is 1. The molecule has 1 aliphatic rings. The second kappa shape index (κ2) is 12.0. The van der Waals surface area contributed by atoms with Crippen molar-refractivity contribution in [2.75, 3.05) is 25.3 Å². The maximum Gasteiger partial charge on any atom is 0.262 e. The molecule has 0 bridgehead atoms. The molecule has 176 valence electrons. The van der Waals surface area contributed by atoms with E-state index < -0.39 is 0 Å². The lowest BCUT2D eigenvalue weighted by molar-refractivity contribution is -0.122. The van der Waals surface area contributed by atoms with E-state index in [0.717, 1.165) is 23.6 Å². The van der Waals surface area contributed by atoms with E-state index in [4.69, 9.17) is 9.47 Å². The highest BCUT2D eigenvalue weighted by atomic mass is 16.5. The van der Waals surface area contributed by atoms with Gasteiger partial charge in [-0.1, -0.05) is 63.5 Å². The number of amides is 1. The van der Waals surface area contributed by atoms with E-state index >= 15 is 0 Å². The quantitative estimate of drug-likeness (QED) is 0.425. The van der Waals surface area contributed by atoms with Crippen LogP contribution in [0.15, 0.2) is 78.3 Å². The number of ether oxygens (including phenoxy) is 2. The normalized spacial score (nSPS) is 13.5. The van der Waals surface area contributed by atoms with Crippen molar-refractivity contribution in [1.82, 2.24) is 10.3 Å². The number of carbonyl (C=O) groups is 1. The van der Waals surface area contributed by atoms with E-state index in [2.05, 4.69) is 18.8 Å². The van der Waals surface area contributed by atoms with Crippen LogP contribution in [0.25, 0.3) is 0 Å². The molecule has 3 rings (SSSR count). The molecule has 0 radical (unpaired) electrons. The van der Waals surface area contributed by atoms with Crippen molar-refractivity contribution < 1.29 is 14.3 Å². The Labute approximate surface area is 197 Å². The third-order valence-electron chi connectivity index (χ3n) is 5.65. The van der Waals surface area contributed by atoms with Gasteiger partial charge in [0.05, 0.1) is 29.4 Å². The zero-order chi connectivity index (χ0) is 23.6. The highest BCUT2D eigenvalue weighted by Gasteiger charge is 2.30. The first-order valence-electron chi connectivity index (χ1n) is 11.7. The molecule has 2 aromatic carbocycles. The summed E-state index contributed by atoms with van der Waals surface area (Å²) < 4.78 is 11.5. The second-order valence-corrected chi connectivity index (χ2v) is 8.15. The number of rotatable bonds is 12. The molecule has 0 atom stereocenters. The number of benzene rings is 2. The summed E-state index contributed by atoms with van der Waals surface area (Å²) in [7, 11) is 1.94. The number of hydrogen-bond acceptors (Lipinski definition) is 5. The van der Waals surface area contributed by atoms with Gasteiger partial charge in [0.15, 0.2) is 6.61 Å². The predicted molar refractivity (Wildman–Crippen MR) is 133 cm³/mol. The molecule has 0 aromatic heterocycles. The Kier molecular flexibility index (Phi) is 8.81. The highest BCUT2D eigenvalue weighted by molar-refractivity contribution is 5.81. The molecule has 6 heteroatoms. The van der Waals surface area contributed by atoms with Crippen LogP contribution in [0.5, 0.6) is 11.5 Å². The minimum Gasteiger partial charge on any atom is -0.493 e. The molecule has 0 saturated heterocycles. The van der Waals surface area contributed by atoms with Gasteiger partial charge < -0.3 is 14.8 Å². The Bertz CT molecular complexity index is 972. The lowest BCUT2D eigenvalue weighted by Gasteiger charge is -2.29. The molecular weight excluding hydrogens is 414 g/mol. The van der Waals surface area contributed by atoms with Gasteiger partial charge in [0.1, 0.15) is 11.5 Å². The molecule has 33 heavy (non-hydrogen) atoms. The summed E-state index contributed by atoms with van der Waals surface area (Å²) in [4.78, 5) is 12.6. The van der Waals surface area contributed by atoms with E-state index in [1.807, 2.05) is 78.6 Å². The molecule has 1 heterocycles. The number of hydrazine groups is 1. The lowest BCUT2D eigenvalue weighted by atomic mass is 10.2. The lowest BCUT2D eigenvalue weighted by Crippen LogP contribution is -2.33. The molecular formula is C27H35N3O3. The van der Waals surface area contributed by atoms with Crippen molar-refractivity contribution in [3.05, 3.63) is 78.3 Å². The molecule has 0 fully saturated rings. The number of para-hydroxylation sites is 1. The highest BCUT2D eigenvalue weighted by Crippen LogP contribution is 2.33. The largest absolute Gasteiger partial charge is 0.493 e. The average molecular weight is 450 g/mol. The first-order valence-corrected chi connectivity index (χ1v) is 11.7. The second-order valence-electron chi connectivity index (χ2n) is 8.15. The molecule has 0 unspecified atom stereocenters. The van der Waals surface area contributed by atoms with Gasteiger partial charge in [0.25, 0.3) is 5.91 Å². The van der Waals surface area contributed by atoms with Gasteiger partial charge in [-0.15, -0.1) is 0 Å². The molecule has 0 spiro atoms. The number of unbranched alkanes of at least 4 members (excludes halogenated alkanes) is 4. The van der Waals surface area contributed by atoms with Gasteiger partial charge in [0.2, 0.25) is 0 Å². The summed E-state index contributed by atoms with van der Waals surface area (Å²) >= 11 is 0. The third kappa shape index (κ3) is 6.54. The number of nitrogens with zero attached hydrogens (tertiary/aromatic N) is 2. The summed E-state index contributed by atoms with van der Waals surface area (Å²) in [6.45, 7) is 8.94. The van der Waals surface area contributed by atoms with Crippen LogP contribution in [0.4, 0.5) is 5.69 Å². The van der Waals surface area contributed by atoms with Gasteiger partial charge in [-0.3, -0.25) is 14.8 Å². The Morgan fingerprint density at radius 2 is 1.67 bits per heavy atom. The van der Waals surface area contributed by atoms with Crippen LogP contribution in [0.2, 0.25) is 0 Å². The summed E-state index contributed by atoms with van der Waals surface area (Å²) in [5, 5.41) is 6.89. The van der Waals surface area contributed by atoms with Crippen LogP contribution in [0, 0.1) is 0 Å². The van der Waals surface area contributed by atoms with Gasteiger partial charge in [-0.25, -0.2) is 0 Å². The van der Waals surface area contributed by atoms with Crippen LogP contribution < -0.4 is 19.8 Å². The molecule has 1 N–H and O–H groups in total. The number of anilines is 1. The summed E-state index contributed by atoms with van der Waals surface area (Å²) in [6.07, 6.45) is 5.98. The van der Waals surface area contributed by atoms with Crippen molar-refractivity contribution in [2.45, 2.75) is 46.0 Å². The summed E-state index contributed by atoms with van der Waals surface area (Å²) in [6, 6.07) is 17.3. The molecule has 0 saturated carbocycles. The van der Waals surface area contributed by atoms with Crippen LogP contribution in [-0.2, 0) is 4.79 Å². The van der Waals surface area contributed by atoms with Crippen molar-refractivity contribution in [2.24, 2.45) is 0 Å². The van der Waals surface area contributed by atoms with Gasteiger partial charge >= 0.3 is 0 Å². The SMILES string of the molecule is C=C1C(NC(=O)COc2cccc(OCCCCCCC)c2)=C(C)N(C)N1c1ccccc1. The van der Waals surface area contributed by atoms with Gasteiger partial charge in [-0.2, -0.15) is 0 Å². The smallest absolute Gasteiger partial charge is 0.262 e. The fraction of sp³-hybridized carbons (Fsp3) is 0.370. The number of hydrogen-bond donors (Lipinski definition) is 1. The molecule has 2 aromatic rings. The molecule has 0 aliphatic carbocycles. The Balaban J connectivity index is 1.50. The third-order valence-corrected chi connectivity index (χ3v) is 5.65. The minimum absolute atomic E-state index is 0.0976. The maximum absolute atomic E-state index is 12.6. The van der Waals surface area contributed by atoms with E-state index in [1.54, 1.807) is 0 Å². The number of carbonyl (C=O) groups excluding carboxylic acids is 1. The monoisotopic (exact) mass is 449 g/mol. The minimum atomic E-state index is -0.240. The van der Waals surface area contributed by atoms with E-state index in [-0.39, 0.29) is 12.5 Å². The standard InChI is InChI=1S/C27H35N3O3/c1-5-6-7-8-12-18-32-24-16-13-17-25(19-24)33-20-26(31)28-27-21(2)29(4)30(22(27)3)23-14-10-9-11-15-23/h9-11,13-17,19H,3,5-8,12,18,20H2,1-2,4H3,(H,28,31). The molecule has 1 aliphatic heterocycles. The van der Waals surface area contributed by atoms with E-state index in [0.29, 0.717) is 23.8 Å². The number of nitrogens with one attached hydrogen (secondary N) is 1. The van der Waals surface area contributed by atoms with Crippen molar-refractivity contribution in [1.29, 1.82) is 0 Å². The fourth-order valence-electron chi connectivity index (χ4n) is 3.74.